The Hall–Kier alpha value is -2.49. The molecule has 0 amide bonds. The van der Waals surface area contributed by atoms with Crippen LogP contribution in [0.4, 0.5) is 4.39 Å². The van der Waals surface area contributed by atoms with Gasteiger partial charge >= 0.3 is 0 Å². The molecule has 0 radical (unpaired) electrons. The van der Waals surface area contributed by atoms with Gasteiger partial charge < -0.3 is 0 Å². The molecule has 3 aromatic rings. The Morgan fingerprint density at radius 2 is 1.68 bits per heavy atom. The lowest BCUT2D eigenvalue weighted by molar-refractivity contribution is 0.484. The van der Waals surface area contributed by atoms with Crippen molar-refractivity contribution >= 4 is 0 Å². The molecule has 0 spiro atoms. The van der Waals surface area contributed by atoms with E-state index in [-0.39, 0.29) is 5.82 Å². The summed E-state index contributed by atoms with van der Waals surface area (Å²) in [5.74, 6) is 0.266. The third-order valence-electron chi connectivity index (χ3n) is 3.42. The van der Waals surface area contributed by atoms with Gasteiger partial charge in [0.05, 0.1) is 0 Å². The van der Waals surface area contributed by atoms with Crippen molar-refractivity contribution in [3.8, 4) is 22.4 Å². The van der Waals surface area contributed by atoms with Crippen molar-refractivity contribution in [2.24, 2.45) is 5.92 Å². The predicted molar refractivity (Wildman–Crippen MR) is 85.7 cm³/mol. The zero-order chi connectivity index (χ0) is 15.5. The molecule has 0 bridgehead atoms. The number of hydrogen-bond donors (Lipinski definition) is 0. The van der Waals surface area contributed by atoms with Crippen molar-refractivity contribution in [3.63, 3.8) is 0 Å². The smallest absolute Gasteiger partial charge is 0.123 e. The van der Waals surface area contributed by atoms with Gasteiger partial charge in [-0.3, -0.25) is 9.67 Å². The minimum atomic E-state index is -0.240. The van der Waals surface area contributed by atoms with Crippen LogP contribution in [0.15, 0.2) is 55.0 Å². The Balaban J connectivity index is 2.10. The van der Waals surface area contributed by atoms with E-state index in [0.717, 1.165) is 28.9 Å². The Morgan fingerprint density at radius 3 is 2.32 bits per heavy atom. The van der Waals surface area contributed by atoms with Gasteiger partial charge in [0.25, 0.3) is 0 Å². The first-order valence-electron chi connectivity index (χ1n) is 7.37. The van der Waals surface area contributed by atoms with Crippen LogP contribution in [0, 0.1) is 11.7 Å². The molecule has 0 atom stereocenters. The number of halogens is 1. The molecule has 0 aliphatic heterocycles. The van der Waals surface area contributed by atoms with Crippen LogP contribution >= 0.6 is 0 Å². The summed E-state index contributed by atoms with van der Waals surface area (Å²) in [7, 11) is 0. The van der Waals surface area contributed by atoms with Crippen molar-refractivity contribution in [1.29, 1.82) is 0 Å². The Kier molecular flexibility index (Phi) is 4.00. The van der Waals surface area contributed by atoms with E-state index < -0.39 is 0 Å². The van der Waals surface area contributed by atoms with E-state index in [1.807, 2.05) is 23.0 Å². The predicted octanol–water partition coefficient (Wildman–Crippen LogP) is 4.41. The van der Waals surface area contributed by atoms with E-state index in [1.54, 1.807) is 24.5 Å². The molecule has 0 unspecified atom stereocenters. The molecule has 0 N–H and O–H groups in total. The molecule has 0 fully saturated rings. The molecule has 2 heterocycles. The summed E-state index contributed by atoms with van der Waals surface area (Å²) >= 11 is 0. The second-order valence-electron chi connectivity index (χ2n) is 5.75. The minimum Gasteiger partial charge on any atom is -0.271 e. The first-order valence-corrected chi connectivity index (χ1v) is 7.37. The number of rotatable bonds is 4. The highest BCUT2D eigenvalue weighted by molar-refractivity contribution is 5.80. The van der Waals surface area contributed by atoms with Crippen LogP contribution in [0.2, 0.25) is 0 Å². The van der Waals surface area contributed by atoms with Gasteiger partial charge in [-0.05, 0) is 47.9 Å². The van der Waals surface area contributed by atoms with E-state index >= 15 is 0 Å². The molecule has 1 aromatic carbocycles. The average molecular weight is 295 g/mol. The highest BCUT2D eigenvalue weighted by atomic mass is 19.1. The summed E-state index contributed by atoms with van der Waals surface area (Å²) in [6.07, 6.45) is 5.58. The van der Waals surface area contributed by atoms with E-state index in [2.05, 4.69) is 18.8 Å². The number of nitrogens with zero attached hydrogens (tertiary/aromatic N) is 3. The standard InChI is InChI=1S/C18H18FN3/c1-13(2)11-22-12-17(14-7-9-20-10-8-14)18(21-22)15-3-5-16(19)6-4-15/h3-10,12-13H,11H2,1-2H3. The van der Waals surface area contributed by atoms with Crippen LogP contribution in [0.3, 0.4) is 0 Å². The molecule has 4 heteroatoms. The summed E-state index contributed by atoms with van der Waals surface area (Å²) in [6.45, 7) is 5.16. The number of benzene rings is 1. The maximum Gasteiger partial charge on any atom is 0.123 e. The molecular weight excluding hydrogens is 277 g/mol. The van der Waals surface area contributed by atoms with Gasteiger partial charge in [-0.25, -0.2) is 4.39 Å². The molecular formula is C18H18FN3. The lowest BCUT2D eigenvalue weighted by Crippen LogP contribution is -2.04. The minimum absolute atomic E-state index is 0.240. The molecule has 2 aromatic heterocycles. The lowest BCUT2D eigenvalue weighted by Gasteiger charge is -2.03. The van der Waals surface area contributed by atoms with Crippen molar-refractivity contribution in [3.05, 3.63) is 60.8 Å². The summed E-state index contributed by atoms with van der Waals surface area (Å²) < 4.78 is 15.1. The van der Waals surface area contributed by atoms with Crippen LogP contribution < -0.4 is 0 Å². The second kappa shape index (κ2) is 6.10. The van der Waals surface area contributed by atoms with Crippen molar-refractivity contribution in [2.45, 2.75) is 20.4 Å². The van der Waals surface area contributed by atoms with Gasteiger partial charge in [-0.1, -0.05) is 13.8 Å². The first kappa shape index (κ1) is 14.4. The molecule has 0 saturated carbocycles. The highest BCUT2D eigenvalue weighted by Gasteiger charge is 2.13. The van der Waals surface area contributed by atoms with E-state index in [9.17, 15) is 4.39 Å². The van der Waals surface area contributed by atoms with Crippen LogP contribution in [0.1, 0.15) is 13.8 Å². The van der Waals surface area contributed by atoms with Gasteiger partial charge in [-0.15, -0.1) is 0 Å². The molecule has 112 valence electrons. The van der Waals surface area contributed by atoms with Gasteiger partial charge in [0.15, 0.2) is 0 Å². The fourth-order valence-electron chi connectivity index (χ4n) is 2.45. The largest absolute Gasteiger partial charge is 0.271 e. The first-order chi connectivity index (χ1) is 10.6. The third-order valence-corrected chi connectivity index (χ3v) is 3.42. The average Bonchev–Trinajstić information content (AvgIpc) is 2.92. The van der Waals surface area contributed by atoms with Gasteiger partial charge in [0.2, 0.25) is 0 Å². The Morgan fingerprint density at radius 1 is 1.00 bits per heavy atom. The Labute approximate surface area is 129 Å². The van der Waals surface area contributed by atoms with Crippen molar-refractivity contribution < 1.29 is 4.39 Å². The van der Waals surface area contributed by atoms with E-state index in [4.69, 9.17) is 5.10 Å². The highest BCUT2D eigenvalue weighted by Crippen LogP contribution is 2.31. The molecule has 22 heavy (non-hydrogen) atoms. The fourth-order valence-corrected chi connectivity index (χ4v) is 2.45. The molecule has 0 aliphatic carbocycles. The van der Waals surface area contributed by atoms with E-state index in [0.29, 0.717) is 5.92 Å². The number of hydrogen-bond acceptors (Lipinski definition) is 2. The van der Waals surface area contributed by atoms with Crippen LogP contribution in [-0.2, 0) is 6.54 Å². The van der Waals surface area contributed by atoms with Crippen LogP contribution in [0.25, 0.3) is 22.4 Å². The third kappa shape index (κ3) is 3.06. The van der Waals surface area contributed by atoms with Gasteiger partial charge in [-0.2, -0.15) is 5.10 Å². The zero-order valence-corrected chi connectivity index (χ0v) is 12.7. The summed E-state index contributed by atoms with van der Waals surface area (Å²) in [6, 6.07) is 10.4. The van der Waals surface area contributed by atoms with Crippen LogP contribution in [0.5, 0.6) is 0 Å². The normalized spacial score (nSPS) is 11.1. The fraction of sp³-hybridized carbons (Fsp3) is 0.222. The lowest BCUT2D eigenvalue weighted by atomic mass is 10.0. The van der Waals surface area contributed by atoms with Crippen LogP contribution in [-0.4, -0.2) is 14.8 Å². The molecule has 3 nitrogen and oxygen atoms in total. The van der Waals surface area contributed by atoms with Crippen molar-refractivity contribution in [2.75, 3.05) is 0 Å². The van der Waals surface area contributed by atoms with Crippen molar-refractivity contribution in [1.82, 2.24) is 14.8 Å². The molecule has 0 saturated heterocycles. The molecule has 0 aliphatic rings. The van der Waals surface area contributed by atoms with Gasteiger partial charge in [0, 0.05) is 36.3 Å². The zero-order valence-electron chi connectivity index (χ0n) is 12.7. The number of pyridine rings is 1. The monoisotopic (exact) mass is 295 g/mol. The summed E-state index contributed by atoms with van der Waals surface area (Å²) in [5.41, 5.74) is 3.88. The van der Waals surface area contributed by atoms with Gasteiger partial charge in [0.1, 0.15) is 11.5 Å². The Bertz CT molecular complexity index is 746. The summed E-state index contributed by atoms with van der Waals surface area (Å²) in [4.78, 5) is 4.06. The van der Waals surface area contributed by atoms with E-state index in [1.165, 1.54) is 12.1 Å². The quantitative estimate of drug-likeness (QED) is 0.714. The summed E-state index contributed by atoms with van der Waals surface area (Å²) in [5, 5.41) is 4.70. The maximum atomic E-state index is 13.2. The second-order valence-corrected chi connectivity index (χ2v) is 5.75. The molecule has 3 rings (SSSR count). The SMILES string of the molecule is CC(C)Cn1cc(-c2ccncc2)c(-c2ccc(F)cc2)n1. The topological polar surface area (TPSA) is 30.7 Å². The number of aromatic nitrogens is 3. The maximum absolute atomic E-state index is 13.2.